The number of anilines is 1. The summed E-state index contributed by atoms with van der Waals surface area (Å²) in [6.45, 7) is 3.97. The van der Waals surface area contributed by atoms with Gasteiger partial charge < -0.3 is 9.64 Å². The Bertz CT molecular complexity index is 1560. The Balaban J connectivity index is 1.06. The molecule has 3 aliphatic rings. The summed E-state index contributed by atoms with van der Waals surface area (Å²) in [5, 5.41) is 11.3. The molecule has 3 heterocycles. The second-order valence-corrected chi connectivity index (χ2v) is 10.8. The first kappa shape index (κ1) is 27.6. The lowest BCUT2D eigenvalue weighted by molar-refractivity contribution is -0.142. The Morgan fingerprint density at radius 3 is 2.40 bits per heavy atom. The minimum atomic E-state index is -0.774. The van der Waals surface area contributed by atoms with Gasteiger partial charge >= 0.3 is 0 Å². The van der Waals surface area contributed by atoms with E-state index in [2.05, 4.69) is 22.3 Å². The van der Waals surface area contributed by atoms with Crippen molar-refractivity contribution in [2.45, 2.75) is 38.3 Å². The van der Waals surface area contributed by atoms with E-state index in [0.717, 1.165) is 30.8 Å². The number of halogens is 1. The van der Waals surface area contributed by atoms with E-state index in [-0.39, 0.29) is 37.1 Å². The molecule has 0 spiro atoms. The molecule has 10 heteroatoms. The number of rotatable bonds is 7. The molecule has 2 atom stereocenters. The zero-order chi connectivity index (χ0) is 29.2. The van der Waals surface area contributed by atoms with Crippen LogP contribution in [0.4, 0.5) is 10.1 Å². The fourth-order valence-corrected chi connectivity index (χ4v) is 5.88. The number of carbonyl (C=O) groups is 3. The topological polar surface area (TPSA) is 106 Å². The minimum absolute atomic E-state index is 0.173. The molecule has 3 amide bonds. The molecule has 3 aliphatic heterocycles. The first-order valence-corrected chi connectivity index (χ1v) is 14.0. The second kappa shape index (κ2) is 11.7. The molecule has 0 aromatic heterocycles. The predicted octanol–water partition coefficient (Wildman–Crippen LogP) is 3.50. The van der Waals surface area contributed by atoms with Crippen LogP contribution in [0.15, 0.2) is 66.7 Å². The molecule has 9 nitrogen and oxygen atoms in total. The first-order chi connectivity index (χ1) is 20.4. The SMILES string of the molecule is N#Cc1ccc(N2CCN(Cc3ccc(CO[C@H]4c5ccccc5C(=O)N4C4CCC(=O)NC4=O)cc3)CC2)c(F)c1. The standard InChI is InChI=1S/C32H30FN5O4/c33-26-17-23(18-34)9-10-27(26)37-15-13-36(14-16-37)19-21-5-7-22(8-6-21)20-42-32-25-4-2-1-3-24(25)31(41)38(32)28-11-12-29(39)35-30(28)40/h1-10,17,28,32H,11-16,19-20H2,(H,35,39,40)/t28?,32-/m0/s1. The predicted molar refractivity (Wildman–Crippen MR) is 151 cm³/mol. The van der Waals surface area contributed by atoms with Crippen molar-refractivity contribution < 1.29 is 23.5 Å². The highest BCUT2D eigenvalue weighted by Gasteiger charge is 2.45. The van der Waals surface area contributed by atoms with Crippen LogP contribution in [0.1, 0.15) is 51.7 Å². The Kier molecular flexibility index (Phi) is 7.69. The summed E-state index contributed by atoms with van der Waals surface area (Å²) in [5.74, 6) is -1.46. The van der Waals surface area contributed by atoms with Crippen LogP contribution < -0.4 is 10.2 Å². The molecule has 3 aromatic carbocycles. The number of hydrogen-bond acceptors (Lipinski definition) is 7. The summed E-state index contributed by atoms with van der Waals surface area (Å²) in [6, 6.07) is 21.1. The van der Waals surface area contributed by atoms with Gasteiger partial charge in [-0.25, -0.2) is 4.39 Å². The highest BCUT2D eigenvalue weighted by molar-refractivity contribution is 6.05. The van der Waals surface area contributed by atoms with E-state index < -0.39 is 18.2 Å². The molecule has 0 radical (unpaired) electrons. The van der Waals surface area contributed by atoms with Gasteiger partial charge in [0, 0.05) is 50.3 Å². The number of fused-ring (bicyclic) bond motifs is 1. The lowest BCUT2D eigenvalue weighted by Crippen LogP contribution is -2.53. The summed E-state index contributed by atoms with van der Waals surface area (Å²) in [7, 11) is 0. The van der Waals surface area contributed by atoms with Gasteiger partial charge in [-0.2, -0.15) is 5.26 Å². The maximum Gasteiger partial charge on any atom is 0.257 e. The van der Waals surface area contributed by atoms with E-state index in [4.69, 9.17) is 10.00 Å². The number of ether oxygens (including phenoxy) is 1. The molecule has 2 fully saturated rings. The lowest BCUT2D eigenvalue weighted by Gasteiger charge is -2.36. The molecule has 1 N–H and O–H groups in total. The fraction of sp³-hybridized carbons (Fsp3) is 0.312. The largest absolute Gasteiger partial charge is 0.367 e. The van der Waals surface area contributed by atoms with Crippen LogP contribution in [0.2, 0.25) is 0 Å². The van der Waals surface area contributed by atoms with Gasteiger partial charge in [0.15, 0.2) is 6.23 Å². The number of nitriles is 1. The second-order valence-electron chi connectivity index (χ2n) is 10.8. The van der Waals surface area contributed by atoms with Crippen molar-refractivity contribution in [1.82, 2.24) is 15.1 Å². The summed E-state index contributed by atoms with van der Waals surface area (Å²) in [6.07, 6.45) is -0.295. The molecule has 3 aromatic rings. The number of imide groups is 1. The molecule has 0 bridgehead atoms. The number of amides is 3. The van der Waals surface area contributed by atoms with E-state index in [9.17, 15) is 18.8 Å². The van der Waals surface area contributed by atoms with Gasteiger partial charge in [0.05, 0.1) is 23.9 Å². The lowest BCUT2D eigenvalue weighted by atomic mass is 10.0. The van der Waals surface area contributed by atoms with Crippen LogP contribution in [0, 0.1) is 17.1 Å². The number of piperazine rings is 1. The van der Waals surface area contributed by atoms with Gasteiger partial charge in [-0.1, -0.05) is 42.5 Å². The fourth-order valence-electron chi connectivity index (χ4n) is 5.88. The molecular weight excluding hydrogens is 537 g/mol. The molecule has 2 saturated heterocycles. The third-order valence-electron chi connectivity index (χ3n) is 8.12. The number of nitrogens with one attached hydrogen (secondary N) is 1. The van der Waals surface area contributed by atoms with Gasteiger partial charge in [0.1, 0.15) is 11.9 Å². The van der Waals surface area contributed by atoms with Gasteiger partial charge in [0.25, 0.3) is 5.91 Å². The molecular formula is C32H30FN5O4. The van der Waals surface area contributed by atoms with Gasteiger partial charge in [-0.15, -0.1) is 0 Å². The highest BCUT2D eigenvalue weighted by atomic mass is 19.1. The van der Waals surface area contributed by atoms with Gasteiger partial charge in [0.2, 0.25) is 11.8 Å². The van der Waals surface area contributed by atoms with E-state index >= 15 is 0 Å². The van der Waals surface area contributed by atoms with Crippen molar-refractivity contribution in [3.63, 3.8) is 0 Å². The number of carbonyl (C=O) groups excluding carboxylic acids is 3. The van der Waals surface area contributed by atoms with Crippen molar-refractivity contribution >= 4 is 23.4 Å². The third kappa shape index (κ3) is 5.49. The van der Waals surface area contributed by atoms with Crippen LogP contribution in [0.3, 0.4) is 0 Å². The maximum atomic E-state index is 14.4. The van der Waals surface area contributed by atoms with E-state index in [1.807, 2.05) is 35.2 Å². The first-order valence-electron chi connectivity index (χ1n) is 14.0. The van der Waals surface area contributed by atoms with Gasteiger partial charge in [-0.3, -0.25) is 29.5 Å². The average molecular weight is 568 g/mol. The van der Waals surface area contributed by atoms with Crippen molar-refractivity contribution in [3.05, 3.63) is 100 Å². The summed E-state index contributed by atoms with van der Waals surface area (Å²) in [4.78, 5) is 43.4. The molecule has 0 saturated carbocycles. The Hall–Kier alpha value is -4.59. The Morgan fingerprint density at radius 2 is 1.69 bits per heavy atom. The van der Waals surface area contributed by atoms with E-state index in [1.54, 1.807) is 24.3 Å². The summed E-state index contributed by atoms with van der Waals surface area (Å²) < 4.78 is 20.7. The third-order valence-corrected chi connectivity index (χ3v) is 8.12. The average Bonchev–Trinajstić information content (AvgIpc) is 3.28. The number of benzene rings is 3. The highest BCUT2D eigenvalue weighted by Crippen LogP contribution is 2.38. The monoisotopic (exact) mass is 567 g/mol. The van der Waals surface area contributed by atoms with Crippen LogP contribution in [-0.2, 0) is 27.5 Å². The number of piperidine rings is 1. The summed E-state index contributed by atoms with van der Waals surface area (Å²) >= 11 is 0. The van der Waals surface area contributed by atoms with Crippen LogP contribution in [-0.4, -0.2) is 59.7 Å². The molecule has 6 rings (SSSR count). The number of nitrogens with zero attached hydrogens (tertiary/aromatic N) is 4. The smallest absolute Gasteiger partial charge is 0.257 e. The summed E-state index contributed by atoms with van der Waals surface area (Å²) in [5.41, 5.74) is 4.13. The van der Waals surface area contributed by atoms with Crippen LogP contribution in [0.25, 0.3) is 0 Å². The van der Waals surface area contributed by atoms with E-state index in [0.29, 0.717) is 35.5 Å². The Morgan fingerprint density at radius 1 is 0.952 bits per heavy atom. The van der Waals surface area contributed by atoms with Gasteiger partial charge in [-0.05, 0) is 41.8 Å². The van der Waals surface area contributed by atoms with Crippen molar-refractivity contribution in [2.24, 2.45) is 0 Å². The zero-order valence-corrected chi connectivity index (χ0v) is 23.0. The molecule has 0 aliphatic carbocycles. The molecule has 1 unspecified atom stereocenters. The maximum absolute atomic E-state index is 14.4. The van der Waals surface area contributed by atoms with Crippen LogP contribution in [0.5, 0.6) is 0 Å². The van der Waals surface area contributed by atoms with Crippen LogP contribution >= 0.6 is 0 Å². The van der Waals surface area contributed by atoms with Crippen molar-refractivity contribution in [2.75, 3.05) is 31.1 Å². The molecule has 214 valence electrons. The van der Waals surface area contributed by atoms with Crippen molar-refractivity contribution in [1.29, 1.82) is 5.26 Å². The van der Waals surface area contributed by atoms with Crippen molar-refractivity contribution in [3.8, 4) is 6.07 Å². The number of hydrogen-bond donors (Lipinski definition) is 1. The Labute approximate surface area is 243 Å². The van der Waals surface area contributed by atoms with E-state index in [1.165, 1.54) is 11.0 Å². The zero-order valence-electron chi connectivity index (χ0n) is 23.0. The minimum Gasteiger partial charge on any atom is -0.367 e. The quantitative estimate of drug-likeness (QED) is 0.436. The normalized spacial score (nSPS) is 20.8. The molecule has 42 heavy (non-hydrogen) atoms.